The molecule has 0 aromatic heterocycles. The van der Waals surface area contributed by atoms with Gasteiger partial charge < -0.3 is 0 Å². The maximum absolute atomic E-state index is 11.1. The summed E-state index contributed by atoms with van der Waals surface area (Å²) < 4.78 is 0. The van der Waals surface area contributed by atoms with E-state index in [0.717, 1.165) is 5.56 Å². The van der Waals surface area contributed by atoms with Gasteiger partial charge in [-0.15, -0.1) is 6.42 Å². The van der Waals surface area contributed by atoms with Crippen molar-refractivity contribution in [3.63, 3.8) is 0 Å². The zero-order valence-corrected chi connectivity index (χ0v) is 8.17. The van der Waals surface area contributed by atoms with Gasteiger partial charge in [-0.25, -0.2) is 0 Å². The predicted molar refractivity (Wildman–Crippen MR) is 58.1 cm³/mol. The van der Waals surface area contributed by atoms with E-state index >= 15 is 0 Å². The molecule has 1 rings (SSSR count). The summed E-state index contributed by atoms with van der Waals surface area (Å²) in [5, 5.41) is 2.03. The van der Waals surface area contributed by atoms with E-state index < -0.39 is 0 Å². The first-order valence-electron chi connectivity index (χ1n) is 3.93. The minimum absolute atomic E-state index is 0.171. The molecule has 0 fully saturated rings. The third-order valence-corrected chi connectivity index (χ3v) is 1.78. The lowest BCUT2D eigenvalue weighted by Gasteiger charge is -1.99. The van der Waals surface area contributed by atoms with Crippen LogP contribution < -0.4 is 0 Å². The number of carbonyl (C=O) groups is 1. The van der Waals surface area contributed by atoms with Crippen LogP contribution >= 0.6 is 12.2 Å². The van der Waals surface area contributed by atoms with E-state index in [1.54, 1.807) is 12.1 Å². The van der Waals surface area contributed by atoms with Gasteiger partial charge in [0.05, 0.1) is 11.6 Å². The predicted octanol–water partition coefficient (Wildman–Crippen LogP) is 1.84. The standard InChI is InChI=1S/C11H7NOS/c1-2-9-5-3-4-6-10(9)7-11(13)12-8-14/h1,3-6H,7H2. The Bertz CT molecular complexity index is 439. The molecule has 1 aromatic carbocycles. The Balaban J connectivity index is 2.92. The molecule has 0 aliphatic carbocycles. The molecular formula is C11H7NOS. The topological polar surface area (TPSA) is 29.4 Å². The van der Waals surface area contributed by atoms with Gasteiger partial charge >= 0.3 is 0 Å². The first-order valence-corrected chi connectivity index (χ1v) is 4.34. The first-order chi connectivity index (χ1) is 6.77. The second-order valence-electron chi connectivity index (χ2n) is 2.58. The fraction of sp³-hybridized carbons (Fsp3) is 0.0909. The summed E-state index contributed by atoms with van der Waals surface area (Å²) >= 11 is 4.33. The summed E-state index contributed by atoms with van der Waals surface area (Å²) in [5.74, 6) is 2.17. The van der Waals surface area contributed by atoms with Crippen molar-refractivity contribution in [2.75, 3.05) is 0 Å². The zero-order chi connectivity index (χ0) is 10.4. The number of isothiocyanates is 1. The van der Waals surface area contributed by atoms with Gasteiger partial charge in [-0.1, -0.05) is 24.1 Å². The highest BCUT2D eigenvalue weighted by molar-refractivity contribution is 7.78. The normalized spacial score (nSPS) is 8.50. The van der Waals surface area contributed by atoms with Gasteiger partial charge in [-0.3, -0.25) is 4.79 Å². The molecule has 0 unspecified atom stereocenters. The molecule has 1 amide bonds. The molecule has 0 N–H and O–H groups in total. The van der Waals surface area contributed by atoms with Crippen molar-refractivity contribution in [1.29, 1.82) is 0 Å². The lowest BCUT2D eigenvalue weighted by Crippen LogP contribution is -2.00. The molecule has 0 aliphatic rings. The van der Waals surface area contributed by atoms with Crippen LogP contribution in [0.1, 0.15) is 11.1 Å². The molecule has 0 atom stereocenters. The van der Waals surface area contributed by atoms with Crippen molar-refractivity contribution in [2.45, 2.75) is 6.42 Å². The maximum Gasteiger partial charge on any atom is 0.258 e. The van der Waals surface area contributed by atoms with Crippen LogP contribution in [0.15, 0.2) is 29.3 Å². The number of hydrogen-bond donors (Lipinski definition) is 0. The van der Waals surface area contributed by atoms with E-state index in [1.165, 1.54) is 0 Å². The number of rotatable bonds is 2. The summed E-state index contributed by atoms with van der Waals surface area (Å²) in [7, 11) is 0. The molecule has 0 aliphatic heterocycles. The smallest absolute Gasteiger partial charge is 0.258 e. The average molecular weight is 201 g/mol. The molecule has 14 heavy (non-hydrogen) atoms. The Labute approximate surface area is 87.7 Å². The third kappa shape index (κ3) is 2.63. The van der Waals surface area contributed by atoms with Gasteiger partial charge in [-0.05, 0) is 23.8 Å². The molecule has 68 valence electrons. The summed E-state index contributed by atoms with van der Waals surface area (Å²) in [6, 6.07) is 7.23. The van der Waals surface area contributed by atoms with Crippen LogP contribution in [0.5, 0.6) is 0 Å². The SMILES string of the molecule is C#Cc1ccccc1CC(=O)N=C=S. The molecule has 0 saturated carbocycles. The Kier molecular flexibility index (Phi) is 3.75. The van der Waals surface area contributed by atoms with E-state index in [4.69, 9.17) is 6.42 Å². The van der Waals surface area contributed by atoms with Crippen molar-refractivity contribution >= 4 is 23.3 Å². The highest BCUT2D eigenvalue weighted by Gasteiger charge is 2.04. The van der Waals surface area contributed by atoms with Gasteiger partial charge in [0.15, 0.2) is 0 Å². The van der Waals surface area contributed by atoms with Crippen molar-refractivity contribution in [3.05, 3.63) is 35.4 Å². The molecule has 1 aromatic rings. The molecule has 3 heteroatoms. The van der Waals surface area contributed by atoms with Crippen LogP contribution in [-0.2, 0) is 11.2 Å². The highest BCUT2D eigenvalue weighted by atomic mass is 32.1. The molecule has 0 radical (unpaired) electrons. The Morgan fingerprint density at radius 1 is 1.50 bits per heavy atom. The molecule has 0 saturated heterocycles. The lowest BCUT2D eigenvalue weighted by molar-refractivity contribution is -0.117. The van der Waals surface area contributed by atoms with Crippen molar-refractivity contribution in [3.8, 4) is 12.3 Å². The van der Waals surface area contributed by atoms with Crippen LogP contribution in [0, 0.1) is 12.3 Å². The van der Waals surface area contributed by atoms with E-state index in [0.29, 0.717) is 5.56 Å². The summed E-state index contributed by atoms with van der Waals surface area (Å²) in [5.41, 5.74) is 1.49. The van der Waals surface area contributed by atoms with E-state index in [9.17, 15) is 4.79 Å². The number of hydrogen-bond acceptors (Lipinski definition) is 2. The average Bonchev–Trinajstić information content (AvgIpc) is 2.19. The number of benzene rings is 1. The van der Waals surface area contributed by atoms with Crippen molar-refractivity contribution in [2.24, 2.45) is 4.99 Å². The monoisotopic (exact) mass is 201 g/mol. The second kappa shape index (κ2) is 5.08. The Hall–Kier alpha value is -1.75. The van der Waals surface area contributed by atoms with Gasteiger partial charge in [-0.2, -0.15) is 4.99 Å². The molecular weight excluding hydrogens is 194 g/mol. The minimum atomic E-state index is -0.331. The van der Waals surface area contributed by atoms with Crippen LogP contribution in [0.2, 0.25) is 0 Å². The number of thiocarbonyl (C=S) groups is 1. The van der Waals surface area contributed by atoms with E-state index in [1.807, 2.05) is 17.3 Å². The number of nitrogens with zero attached hydrogens (tertiary/aromatic N) is 1. The quantitative estimate of drug-likeness (QED) is 0.415. The van der Waals surface area contributed by atoms with Crippen LogP contribution in [0.25, 0.3) is 0 Å². The maximum atomic E-state index is 11.1. The fourth-order valence-corrected chi connectivity index (χ4v) is 1.17. The van der Waals surface area contributed by atoms with Gasteiger partial charge in [0.25, 0.3) is 5.91 Å². The number of aliphatic imine (C=N–C) groups is 1. The molecule has 2 nitrogen and oxygen atoms in total. The molecule has 0 bridgehead atoms. The number of terminal acetylenes is 1. The van der Waals surface area contributed by atoms with Crippen LogP contribution in [0.4, 0.5) is 0 Å². The third-order valence-electron chi connectivity index (χ3n) is 1.68. The summed E-state index contributed by atoms with van der Waals surface area (Å²) in [6.45, 7) is 0. The summed E-state index contributed by atoms with van der Waals surface area (Å²) in [4.78, 5) is 14.5. The van der Waals surface area contributed by atoms with E-state index in [2.05, 4.69) is 23.1 Å². The van der Waals surface area contributed by atoms with Crippen molar-refractivity contribution < 1.29 is 4.79 Å². The lowest BCUT2D eigenvalue weighted by atomic mass is 10.1. The first kappa shape index (κ1) is 10.3. The minimum Gasteiger partial charge on any atom is -0.271 e. The molecule has 0 spiro atoms. The Morgan fingerprint density at radius 3 is 2.86 bits per heavy atom. The number of carbonyl (C=O) groups excluding carboxylic acids is 1. The van der Waals surface area contributed by atoms with Crippen molar-refractivity contribution in [1.82, 2.24) is 0 Å². The molecule has 0 heterocycles. The highest BCUT2D eigenvalue weighted by Crippen LogP contribution is 2.08. The van der Waals surface area contributed by atoms with Crippen LogP contribution in [-0.4, -0.2) is 11.1 Å². The van der Waals surface area contributed by atoms with E-state index in [-0.39, 0.29) is 12.3 Å². The van der Waals surface area contributed by atoms with Gasteiger partial charge in [0, 0.05) is 5.56 Å². The zero-order valence-electron chi connectivity index (χ0n) is 7.36. The fourth-order valence-electron chi connectivity index (χ4n) is 1.07. The number of amides is 1. The van der Waals surface area contributed by atoms with Gasteiger partial charge in [0.1, 0.15) is 0 Å². The second-order valence-corrected chi connectivity index (χ2v) is 2.76. The Morgan fingerprint density at radius 2 is 2.21 bits per heavy atom. The van der Waals surface area contributed by atoms with Crippen LogP contribution in [0.3, 0.4) is 0 Å². The largest absolute Gasteiger partial charge is 0.271 e. The summed E-state index contributed by atoms with van der Waals surface area (Å²) in [6.07, 6.45) is 5.44. The van der Waals surface area contributed by atoms with Gasteiger partial charge in [0.2, 0.25) is 0 Å².